The summed E-state index contributed by atoms with van der Waals surface area (Å²) in [5.41, 5.74) is 10.9. The quantitative estimate of drug-likeness (QED) is 0.210. The average Bonchev–Trinajstić information content (AvgIpc) is 3.55. The summed E-state index contributed by atoms with van der Waals surface area (Å²) in [6, 6.07) is 43.2. The Morgan fingerprint density at radius 1 is 0.419 bits per heavy atom. The lowest BCUT2D eigenvalue weighted by atomic mass is 9.86. The second-order valence-corrected chi connectivity index (χ2v) is 11.7. The van der Waals surface area contributed by atoms with Gasteiger partial charge >= 0.3 is 0 Å². The fourth-order valence-corrected chi connectivity index (χ4v) is 5.19. The summed E-state index contributed by atoms with van der Waals surface area (Å²) in [6.45, 7) is 6.68. The Balaban J connectivity index is 1.19. The fourth-order valence-electron chi connectivity index (χ4n) is 5.19. The molecule has 0 saturated carbocycles. The third kappa shape index (κ3) is 5.33. The topological polar surface area (TPSA) is 64.7 Å². The molecule has 0 unspecified atom stereocenters. The number of fused-ring (bicyclic) bond motifs is 1. The van der Waals surface area contributed by atoms with Crippen LogP contribution in [0.2, 0.25) is 0 Å². The summed E-state index contributed by atoms with van der Waals surface area (Å²) >= 11 is 0. The van der Waals surface area contributed by atoms with Crippen LogP contribution in [0.5, 0.6) is 0 Å². The molecule has 208 valence electrons. The maximum atomic E-state index is 5.93. The third-order valence-corrected chi connectivity index (χ3v) is 7.66. The van der Waals surface area contributed by atoms with Crippen LogP contribution in [-0.2, 0) is 5.41 Å². The Kier molecular flexibility index (Phi) is 6.63. The van der Waals surface area contributed by atoms with E-state index < -0.39 is 0 Å². The van der Waals surface area contributed by atoms with Gasteiger partial charge in [-0.3, -0.25) is 0 Å². The van der Waals surface area contributed by atoms with Crippen LogP contribution in [0.4, 0.5) is 0 Å². The fraction of sp³-hybridized carbons (Fsp3) is 0.105. The highest BCUT2D eigenvalue weighted by Gasteiger charge is 2.17. The molecule has 0 fully saturated rings. The molecule has 5 heteroatoms. The van der Waals surface area contributed by atoms with Gasteiger partial charge in [-0.25, -0.2) is 9.97 Å². The summed E-state index contributed by atoms with van der Waals surface area (Å²) in [7, 11) is 0. The molecule has 43 heavy (non-hydrogen) atoms. The van der Waals surface area contributed by atoms with Crippen LogP contribution in [-0.4, -0.2) is 20.2 Å². The maximum absolute atomic E-state index is 5.93. The van der Waals surface area contributed by atoms with Gasteiger partial charge in [0.25, 0.3) is 0 Å². The van der Waals surface area contributed by atoms with Crippen LogP contribution in [0.25, 0.3) is 67.6 Å². The van der Waals surface area contributed by atoms with Crippen molar-refractivity contribution in [1.29, 1.82) is 0 Å². The zero-order valence-electron chi connectivity index (χ0n) is 24.3. The Hall–Kier alpha value is -5.42. The Labute approximate surface area is 250 Å². The lowest BCUT2D eigenvalue weighted by molar-refractivity contribution is 0.584. The molecule has 0 bridgehead atoms. The van der Waals surface area contributed by atoms with Gasteiger partial charge in [-0.05, 0) is 58.5 Å². The SMILES string of the molecule is CC(C)(C)c1ccc(-c2nc3ccccc3nc2-c2ccc(-c3ccc(-c4nnc(-c5ccccc5)o4)cc3)cc2)cc1. The summed E-state index contributed by atoms with van der Waals surface area (Å²) in [5.74, 6) is 1.01. The van der Waals surface area contributed by atoms with Gasteiger partial charge in [-0.2, -0.15) is 0 Å². The van der Waals surface area contributed by atoms with Crippen molar-refractivity contribution in [3.05, 3.63) is 133 Å². The Morgan fingerprint density at radius 2 is 0.814 bits per heavy atom. The molecule has 0 aliphatic heterocycles. The van der Waals surface area contributed by atoms with E-state index in [1.807, 2.05) is 66.7 Å². The Morgan fingerprint density at radius 3 is 1.30 bits per heavy atom. The van der Waals surface area contributed by atoms with Crippen molar-refractivity contribution in [2.45, 2.75) is 26.2 Å². The molecule has 7 rings (SSSR count). The van der Waals surface area contributed by atoms with E-state index in [0.29, 0.717) is 11.8 Å². The van der Waals surface area contributed by atoms with Gasteiger partial charge < -0.3 is 4.42 Å². The molecule has 5 aromatic carbocycles. The van der Waals surface area contributed by atoms with Gasteiger partial charge in [0.05, 0.1) is 22.4 Å². The van der Waals surface area contributed by atoms with E-state index >= 15 is 0 Å². The molecule has 0 saturated heterocycles. The average molecular weight is 559 g/mol. The zero-order chi connectivity index (χ0) is 29.4. The summed E-state index contributed by atoms with van der Waals surface area (Å²) in [4.78, 5) is 10.1. The van der Waals surface area contributed by atoms with E-state index in [1.54, 1.807) is 0 Å². The van der Waals surface area contributed by atoms with Crippen LogP contribution in [0.3, 0.4) is 0 Å². The largest absolute Gasteiger partial charge is 0.416 e. The molecule has 5 nitrogen and oxygen atoms in total. The van der Waals surface area contributed by atoms with Crippen LogP contribution in [0.1, 0.15) is 26.3 Å². The first kappa shape index (κ1) is 26.5. The molecule has 0 aliphatic rings. The molecule has 2 aromatic heterocycles. The van der Waals surface area contributed by atoms with E-state index in [2.05, 4.69) is 91.6 Å². The minimum atomic E-state index is 0.0842. The summed E-state index contributed by atoms with van der Waals surface area (Å²) in [6.07, 6.45) is 0. The van der Waals surface area contributed by atoms with Gasteiger partial charge in [0.2, 0.25) is 11.8 Å². The van der Waals surface area contributed by atoms with Crippen molar-refractivity contribution in [2.75, 3.05) is 0 Å². The highest BCUT2D eigenvalue weighted by Crippen LogP contribution is 2.34. The predicted octanol–water partition coefficient (Wildman–Crippen LogP) is 9.65. The third-order valence-electron chi connectivity index (χ3n) is 7.66. The number of para-hydroxylation sites is 2. The first-order valence-electron chi connectivity index (χ1n) is 14.4. The van der Waals surface area contributed by atoms with Crippen LogP contribution >= 0.6 is 0 Å². The van der Waals surface area contributed by atoms with Gasteiger partial charge in [0.15, 0.2) is 0 Å². The second kappa shape index (κ2) is 10.8. The van der Waals surface area contributed by atoms with Crippen molar-refractivity contribution in [3.63, 3.8) is 0 Å². The van der Waals surface area contributed by atoms with E-state index in [0.717, 1.165) is 55.8 Å². The zero-order valence-corrected chi connectivity index (χ0v) is 24.3. The normalized spacial score (nSPS) is 11.6. The smallest absolute Gasteiger partial charge is 0.248 e. The van der Waals surface area contributed by atoms with E-state index in [4.69, 9.17) is 14.4 Å². The number of rotatable bonds is 5. The van der Waals surface area contributed by atoms with Crippen LogP contribution < -0.4 is 0 Å². The van der Waals surface area contributed by atoms with Crippen molar-refractivity contribution in [3.8, 4) is 56.6 Å². The van der Waals surface area contributed by atoms with Crippen LogP contribution in [0, 0.1) is 0 Å². The lowest BCUT2D eigenvalue weighted by Gasteiger charge is -2.19. The monoisotopic (exact) mass is 558 g/mol. The van der Waals surface area contributed by atoms with Crippen molar-refractivity contribution >= 4 is 11.0 Å². The molecular formula is C38H30N4O. The second-order valence-electron chi connectivity index (χ2n) is 11.7. The first-order chi connectivity index (χ1) is 20.9. The van der Waals surface area contributed by atoms with Crippen molar-refractivity contribution in [1.82, 2.24) is 20.2 Å². The highest BCUT2D eigenvalue weighted by atomic mass is 16.4. The van der Waals surface area contributed by atoms with E-state index in [1.165, 1.54) is 5.56 Å². The number of hydrogen-bond acceptors (Lipinski definition) is 5. The molecule has 0 N–H and O–H groups in total. The molecule has 0 spiro atoms. The molecule has 0 atom stereocenters. The maximum Gasteiger partial charge on any atom is 0.248 e. The van der Waals surface area contributed by atoms with Crippen molar-refractivity contribution < 1.29 is 4.42 Å². The number of nitrogens with zero attached hydrogens (tertiary/aromatic N) is 4. The number of aromatic nitrogens is 4. The highest BCUT2D eigenvalue weighted by molar-refractivity contribution is 5.86. The first-order valence-corrected chi connectivity index (χ1v) is 14.4. The minimum absolute atomic E-state index is 0.0842. The van der Waals surface area contributed by atoms with E-state index in [-0.39, 0.29) is 5.41 Å². The van der Waals surface area contributed by atoms with Gasteiger partial charge in [-0.1, -0.05) is 112 Å². The van der Waals surface area contributed by atoms with E-state index in [9.17, 15) is 0 Å². The molecule has 2 heterocycles. The van der Waals surface area contributed by atoms with Crippen molar-refractivity contribution in [2.24, 2.45) is 0 Å². The van der Waals surface area contributed by atoms with Gasteiger partial charge in [-0.15, -0.1) is 10.2 Å². The van der Waals surface area contributed by atoms with Gasteiger partial charge in [0, 0.05) is 22.3 Å². The lowest BCUT2D eigenvalue weighted by Crippen LogP contribution is -2.10. The van der Waals surface area contributed by atoms with Crippen LogP contribution in [0.15, 0.2) is 132 Å². The molecular weight excluding hydrogens is 528 g/mol. The molecule has 0 aliphatic carbocycles. The molecule has 0 radical (unpaired) electrons. The minimum Gasteiger partial charge on any atom is -0.416 e. The van der Waals surface area contributed by atoms with Gasteiger partial charge in [0.1, 0.15) is 0 Å². The molecule has 0 amide bonds. The molecule has 7 aromatic rings. The predicted molar refractivity (Wildman–Crippen MR) is 173 cm³/mol. The Bertz CT molecular complexity index is 2020. The standard InChI is InChI=1S/C38H30N4O/c1-38(2,3)31-23-21-28(22-24-31)35-34(39-32-11-7-8-12-33(32)40-35)27-17-13-25(14-18-27)26-15-19-30(20-16-26)37-42-41-36(43-37)29-9-5-4-6-10-29/h4-24H,1-3H3. The summed E-state index contributed by atoms with van der Waals surface area (Å²) in [5, 5.41) is 8.47. The number of benzene rings is 5. The summed E-state index contributed by atoms with van der Waals surface area (Å²) < 4.78 is 5.93. The number of hydrogen-bond donors (Lipinski definition) is 0.